The molecule has 0 aliphatic rings. The molecule has 0 heterocycles. The van der Waals surface area contributed by atoms with Crippen molar-refractivity contribution in [2.45, 2.75) is 20.3 Å². The summed E-state index contributed by atoms with van der Waals surface area (Å²) in [5.74, 6) is 0.206. The number of hydrogen-bond donors (Lipinski definition) is 2. The molecule has 1 atom stereocenters. The average Bonchev–Trinajstić information content (AvgIpc) is 2.30. The molecule has 1 aromatic rings. The largest absolute Gasteiger partial charge is 0.396 e. The van der Waals surface area contributed by atoms with Crippen molar-refractivity contribution >= 4 is 21.8 Å². The lowest BCUT2D eigenvalue weighted by Crippen LogP contribution is -2.29. The van der Waals surface area contributed by atoms with Crippen LogP contribution in [-0.4, -0.2) is 24.2 Å². The van der Waals surface area contributed by atoms with Crippen molar-refractivity contribution in [1.82, 2.24) is 5.32 Å². The fourth-order valence-corrected chi connectivity index (χ4v) is 1.95. The highest BCUT2D eigenvalue weighted by molar-refractivity contribution is 9.10. The van der Waals surface area contributed by atoms with Crippen molar-refractivity contribution in [3.8, 4) is 0 Å². The van der Waals surface area contributed by atoms with Crippen LogP contribution >= 0.6 is 15.9 Å². The molecule has 1 unspecified atom stereocenters. The first-order valence-corrected chi connectivity index (χ1v) is 6.49. The van der Waals surface area contributed by atoms with Crippen LogP contribution in [0.4, 0.5) is 0 Å². The average molecular weight is 300 g/mol. The molecule has 94 valence electrons. The Bertz CT molecular complexity index is 393. The van der Waals surface area contributed by atoms with Crippen LogP contribution in [0.2, 0.25) is 0 Å². The molecule has 0 saturated heterocycles. The van der Waals surface area contributed by atoms with Gasteiger partial charge in [-0.25, -0.2) is 0 Å². The molecule has 2 N–H and O–H groups in total. The summed E-state index contributed by atoms with van der Waals surface area (Å²) in [7, 11) is 0. The summed E-state index contributed by atoms with van der Waals surface area (Å²) in [6, 6.07) is 5.62. The minimum absolute atomic E-state index is 0.0784. The van der Waals surface area contributed by atoms with Crippen LogP contribution in [0.5, 0.6) is 0 Å². The van der Waals surface area contributed by atoms with E-state index in [2.05, 4.69) is 21.2 Å². The molecule has 4 heteroatoms. The summed E-state index contributed by atoms with van der Waals surface area (Å²) in [4.78, 5) is 11.9. The lowest BCUT2D eigenvalue weighted by molar-refractivity contribution is 0.0944. The number of carbonyl (C=O) groups is 1. The zero-order chi connectivity index (χ0) is 12.8. The van der Waals surface area contributed by atoms with Gasteiger partial charge in [0.05, 0.1) is 5.56 Å². The highest BCUT2D eigenvalue weighted by Gasteiger charge is 2.11. The number of carbonyl (C=O) groups excluding carboxylic acids is 1. The molecular formula is C13H18BrNO2. The van der Waals surface area contributed by atoms with Crippen LogP contribution in [0.1, 0.15) is 29.3 Å². The predicted octanol–water partition coefficient (Wildman–Crippen LogP) is 2.51. The molecule has 3 nitrogen and oxygen atoms in total. The van der Waals surface area contributed by atoms with E-state index in [1.54, 1.807) is 6.07 Å². The number of aliphatic hydroxyl groups is 1. The molecule has 0 fully saturated rings. The number of amides is 1. The topological polar surface area (TPSA) is 49.3 Å². The normalized spacial score (nSPS) is 12.2. The van der Waals surface area contributed by atoms with Gasteiger partial charge in [0, 0.05) is 17.6 Å². The number of benzene rings is 1. The summed E-state index contributed by atoms with van der Waals surface area (Å²) >= 11 is 3.42. The van der Waals surface area contributed by atoms with Crippen LogP contribution < -0.4 is 5.32 Å². The summed E-state index contributed by atoms with van der Waals surface area (Å²) in [6.45, 7) is 4.70. The fourth-order valence-electron chi connectivity index (χ4n) is 1.51. The number of rotatable bonds is 5. The van der Waals surface area contributed by atoms with Gasteiger partial charge in [0.25, 0.3) is 5.91 Å². The van der Waals surface area contributed by atoms with Gasteiger partial charge in [-0.3, -0.25) is 4.79 Å². The molecule has 1 aromatic carbocycles. The number of nitrogens with one attached hydrogen (secondary N) is 1. The first kappa shape index (κ1) is 14.2. The Balaban J connectivity index is 2.61. The first-order chi connectivity index (χ1) is 8.06. The Morgan fingerprint density at radius 1 is 1.53 bits per heavy atom. The second-order valence-corrected chi connectivity index (χ2v) is 5.06. The van der Waals surface area contributed by atoms with Crippen molar-refractivity contribution < 1.29 is 9.90 Å². The van der Waals surface area contributed by atoms with Crippen LogP contribution in [0.25, 0.3) is 0 Å². The van der Waals surface area contributed by atoms with Gasteiger partial charge in [0.15, 0.2) is 0 Å². The van der Waals surface area contributed by atoms with Crippen LogP contribution in [0, 0.1) is 12.8 Å². The fraction of sp³-hybridized carbons (Fsp3) is 0.462. The molecule has 17 heavy (non-hydrogen) atoms. The Labute approximate surface area is 110 Å². The number of halogens is 1. The Morgan fingerprint density at radius 3 is 2.88 bits per heavy atom. The highest BCUT2D eigenvalue weighted by atomic mass is 79.9. The molecule has 0 spiro atoms. The van der Waals surface area contributed by atoms with E-state index in [1.807, 2.05) is 26.0 Å². The van der Waals surface area contributed by atoms with E-state index in [4.69, 9.17) is 5.11 Å². The molecule has 0 aliphatic heterocycles. The zero-order valence-electron chi connectivity index (χ0n) is 10.2. The van der Waals surface area contributed by atoms with Crippen LogP contribution in [-0.2, 0) is 0 Å². The minimum atomic E-state index is -0.0784. The molecule has 1 amide bonds. The smallest absolute Gasteiger partial charge is 0.252 e. The number of hydrogen-bond acceptors (Lipinski definition) is 2. The second kappa shape index (κ2) is 6.77. The molecule has 1 rings (SSSR count). The van der Waals surface area contributed by atoms with Crippen molar-refractivity contribution in [3.05, 3.63) is 33.8 Å². The molecule has 0 aromatic heterocycles. The number of aryl methyl sites for hydroxylation is 1. The lowest BCUT2D eigenvalue weighted by Gasteiger charge is -2.12. The van der Waals surface area contributed by atoms with Crippen molar-refractivity contribution in [2.24, 2.45) is 5.92 Å². The zero-order valence-corrected chi connectivity index (χ0v) is 11.8. The molecule has 0 radical (unpaired) electrons. The van der Waals surface area contributed by atoms with Crippen LogP contribution in [0.3, 0.4) is 0 Å². The van der Waals surface area contributed by atoms with Gasteiger partial charge in [-0.15, -0.1) is 0 Å². The molecule has 0 bridgehead atoms. The van der Waals surface area contributed by atoms with E-state index < -0.39 is 0 Å². The maximum absolute atomic E-state index is 11.9. The third-order valence-corrected chi connectivity index (χ3v) is 3.72. The van der Waals surface area contributed by atoms with Crippen LogP contribution in [0.15, 0.2) is 22.7 Å². The Hall–Kier alpha value is -0.870. The Morgan fingerprint density at radius 2 is 2.24 bits per heavy atom. The van der Waals surface area contributed by atoms with Crippen molar-refractivity contribution in [3.63, 3.8) is 0 Å². The monoisotopic (exact) mass is 299 g/mol. The summed E-state index contributed by atoms with van der Waals surface area (Å²) in [5.41, 5.74) is 1.70. The van der Waals surface area contributed by atoms with Gasteiger partial charge in [-0.1, -0.05) is 19.1 Å². The Kier molecular flexibility index (Phi) is 5.65. The molecule has 0 aliphatic carbocycles. The summed E-state index contributed by atoms with van der Waals surface area (Å²) in [6.07, 6.45) is 0.704. The van der Waals surface area contributed by atoms with Crippen molar-refractivity contribution in [2.75, 3.05) is 13.2 Å². The minimum Gasteiger partial charge on any atom is -0.396 e. The van der Waals surface area contributed by atoms with E-state index in [9.17, 15) is 4.79 Å². The van der Waals surface area contributed by atoms with Gasteiger partial charge < -0.3 is 10.4 Å². The van der Waals surface area contributed by atoms with Gasteiger partial charge in [-0.05, 0) is 46.8 Å². The quantitative estimate of drug-likeness (QED) is 0.878. The van der Waals surface area contributed by atoms with Gasteiger partial charge in [-0.2, -0.15) is 0 Å². The first-order valence-electron chi connectivity index (χ1n) is 5.70. The second-order valence-electron chi connectivity index (χ2n) is 4.26. The SMILES string of the molecule is Cc1cccc(C(=O)NCC(C)CCO)c1Br. The van der Waals surface area contributed by atoms with E-state index in [0.717, 1.165) is 10.0 Å². The van der Waals surface area contributed by atoms with E-state index in [-0.39, 0.29) is 18.4 Å². The van der Waals surface area contributed by atoms with E-state index in [0.29, 0.717) is 18.5 Å². The number of aliphatic hydroxyl groups excluding tert-OH is 1. The highest BCUT2D eigenvalue weighted by Crippen LogP contribution is 2.20. The van der Waals surface area contributed by atoms with Gasteiger partial charge >= 0.3 is 0 Å². The van der Waals surface area contributed by atoms with E-state index in [1.165, 1.54) is 0 Å². The maximum Gasteiger partial charge on any atom is 0.252 e. The van der Waals surface area contributed by atoms with Gasteiger partial charge in [0.1, 0.15) is 0 Å². The third-order valence-electron chi connectivity index (χ3n) is 2.67. The van der Waals surface area contributed by atoms with E-state index >= 15 is 0 Å². The molecule has 0 saturated carbocycles. The molecular weight excluding hydrogens is 282 g/mol. The standard InChI is InChI=1S/C13H18BrNO2/c1-9(6-7-16)8-15-13(17)11-5-3-4-10(2)12(11)14/h3-5,9,16H,6-8H2,1-2H3,(H,15,17). The maximum atomic E-state index is 11.9. The predicted molar refractivity (Wildman–Crippen MR) is 72.1 cm³/mol. The third kappa shape index (κ3) is 4.13. The van der Waals surface area contributed by atoms with Crippen molar-refractivity contribution in [1.29, 1.82) is 0 Å². The van der Waals surface area contributed by atoms with Gasteiger partial charge in [0.2, 0.25) is 0 Å². The lowest BCUT2D eigenvalue weighted by atomic mass is 10.1. The summed E-state index contributed by atoms with van der Waals surface area (Å²) in [5, 5.41) is 11.7. The summed E-state index contributed by atoms with van der Waals surface area (Å²) < 4.78 is 0.840.